The van der Waals surface area contributed by atoms with Crippen LogP contribution in [0.2, 0.25) is 0 Å². The lowest BCUT2D eigenvalue weighted by molar-refractivity contribution is 0.281. The van der Waals surface area contributed by atoms with E-state index in [4.69, 9.17) is 4.74 Å². The largest absolute Gasteiger partial charge is 0.499 e. The quantitative estimate of drug-likeness (QED) is 0.367. The van der Waals surface area contributed by atoms with E-state index in [0.717, 1.165) is 6.42 Å². The zero-order valence-electron chi connectivity index (χ0n) is 4.26. The lowest BCUT2D eigenvalue weighted by Crippen LogP contribution is -1.74. The van der Waals surface area contributed by atoms with Gasteiger partial charge in [-0.3, -0.25) is 0 Å². The highest BCUT2D eigenvalue weighted by atomic mass is 16.5. The summed E-state index contributed by atoms with van der Waals surface area (Å²) in [4.78, 5) is 12.9. The minimum atomic E-state index is 0.639. The first-order valence-electron chi connectivity index (χ1n) is 2.32. The molecule has 0 spiro atoms. The van der Waals surface area contributed by atoms with Crippen molar-refractivity contribution in [2.75, 3.05) is 6.61 Å². The molecule has 0 unspecified atom stereocenters. The number of hydrogen-bond donors (Lipinski definition) is 0. The normalized spacial score (nSPS) is 16.2. The molecule has 0 aromatic rings. The van der Waals surface area contributed by atoms with Crippen LogP contribution in [0.1, 0.15) is 6.42 Å². The van der Waals surface area contributed by atoms with E-state index in [-0.39, 0.29) is 0 Å². The van der Waals surface area contributed by atoms with Crippen molar-refractivity contribution in [2.24, 2.45) is 4.99 Å². The van der Waals surface area contributed by atoms with Crippen molar-refractivity contribution in [3.8, 4) is 0 Å². The highest BCUT2D eigenvalue weighted by Crippen LogP contribution is 2.09. The molecule has 8 heavy (non-hydrogen) atoms. The maximum absolute atomic E-state index is 9.57. The number of isocyanates is 1. The van der Waals surface area contributed by atoms with E-state index in [0.29, 0.717) is 12.3 Å². The molecule has 0 amide bonds. The van der Waals surface area contributed by atoms with E-state index in [1.807, 2.05) is 0 Å². The molecule has 0 N–H and O–H groups in total. The van der Waals surface area contributed by atoms with Crippen molar-refractivity contribution in [3.63, 3.8) is 0 Å². The Morgan fingerprint density at radius 1 is 1.88 bits per heavy atom. The molecule has 3 nitrogen and oxygen atoms in total. The average Bonchev–Trinajstić information content (AvgIpc) is 2.19. The predicted molar refractivity (Wildman–Crippen MR) is 26.8 cm³/mol. The zero-order chi connectivity index (χ0) is 5.82. The molecule has 3 heteroatoms. The monoisotopic (exact) mass is 111 g/mol. The van der Waals surface area contributed by atoms with Gasteiger partial charge in [0.1, 0.15) is 6.26 Å². The van der Waals surface area contributed by atoms with Gasteiger partial charge in [0, 0.05) is 6.42 Å². The lowest BCUT2D eigenvalue weighted by Gasteiger charge is -1.79. The maximum atomic E-state index is 9.57. The van der Waals surface area contributed by atoms with Crippen LogP contribution in [0.5, 0.6) is 0 Å². The van der Waals surface area contributed by atoms with Crippen molar-refractivity contribution in [3.05, 3.63) is 12.0 Å². The fourth-order valence-corrected chi connectivity index (χ4v) is 0.518. The van der Waals surface area contributed by atoms with E-state index in [9.17, 15) is 4.79 Å². The first-order chi connectivity index (χ1) is 3.93. The summed E-state index contributed by atoms with van der Waals surface area (Å²) < 4.78 is 4.77. The Kier molecular flexibility index (Phi) is 1.45. The smallest absolute Gasteiger partial charge is 0.240 e. The molecule has 0 aromatic heterocycles. The van der Waals surface area contributed by atoms with Gasteiger partial charge in [0.25, 0.3) is 0 Å². The number of carbonyl (C=O) groups excluding carboxylic acids is 1. The molecule has 0 aliphatic carbocycles. The Labute approximate surface area is 46.7 Å². The molecular weight excluding hydrogens is 106 g/mol. The Balaban J connectivity index is 2.57. The zero-order valence-corrected chi connectivity index (χ0v) is 4.26. The van der Waals surface area contributed by atoms with Crippen LogP contribution in [0.25, 0.3) is 0 Å². The van der Waals surface area contributed by atoms with E-state index in [1.165, 1.54) is 12.3 Å². The summed E-state index contributed by atoms with van der Waals surface area (Å²) in [5.41, 5.74) is 0.681. The second-order valence-corrected chi connectivity index (χ2v) is 1.43. The molecule has 42 valence electrons. The second-order valence-electron chi connectivity index (χ2n) is 1.43. The van der Waals surface area contributed by atoms with Crippen LogP contribution in [0.15, 0.2) is 17.0 Å². The minimum Gasteiger partial charge on any atom is -0.499 e. The lowest BCUT2D eigenvalue weighted by atomic mass is 10.4. The molecule has 1 aliphatic rings. The van der Waals surface area contributed by atoms with E-state index in [1.54, 1.807) is 0 Å². The molecule has 0 atom stereocenters. The van der Waals surface area contributed by atoms with Crippen molar-refractivity contribution in [1.29, 1.82) is 0 Å². The third kappa shape index (κ3) is 0.950. The standard InChI is InChI=1S/C5H5NO2/c7-4-6-5-1-2-8-3-5/h3H,1-2H2. The number of aliphatic imine (C=N–C) groups is 1. The van der Waals surface area contributed by atoms with Gasteiger partial charge in [-0.15, -0.1) is 0 Å². The molecular formula is C5H5NO2. The van der Waals surface area contributed by atoms with Gasteiger partial charge in [-0.25, -0.2) is 4.79 Å². The van der Waals surface area contributed by atoms with Gasteiger partial charge < -0.3 is 4.74 Å². The van der Waals surface area contributed by atoms with Gasteiger partial charge in [0.2, 0.25) is 6.08 Å². The highest BCUT2D eigenvalue weighted by Gasteiger charge is 2.01. The summed E-state index contributed by atoms with van der Waals surface area (Å²) in [5, 5.41) is 0. The molecule has 0 saturated heterocycles. The summed E-state index contributed by atoms with van der Waals surface area (Å²) in [6.07, 6.45) is 3.64. The van der Waals surface area contributed by atoms with Crippen LogP contribution in [0.4, 0.5) is 0 Å². The van der Waals surface area contributed by atoms with E-state index < -0.39 is 0 Å². The Hall–Kier alpha value is -1.08. The first kappa shape index (κ1) is 5.06. The van der Waals surface area contributed by atoms with Crippen molar-refractivity contribution in [2.45, 2.75) is 6.42 Å². The fourth-order valence-electron chi connectivity index (χ4n) is 0.518. The predicted octanol–water partition coefficient (Wildman–Crippen LogP) is 0.584. The maximum Gasteiger partial charge on any atom is 0.240 e. The van der Waals surface area contributed by atoms with Crippen LogP contribution < -0.4 is 0 Å². The molecule has 0 bridgehead atoms. The summed E-state index contributed by atoms with van der Waals surface area (Å²) in [7, 11) is 0. The van der Waals surface area contributed by atoms with Crippen molar-refractivity contribution < 1.29 is 9.53 Å². The molecule has 0 fully saturated rings. The molecule has 1 aliphatic heterocycles. The van der Waals surface area contributed by atoms with Crippen molar-refractivity contribution in [1.82, 2.24) is 0 Å². The summed E-state index contributed by atoms with van der Waals surface area (Å²) >= 11 is 0. The van der Waals surface area contributed by atoms with E-state index in [2.05, 4.69) is 4.99 Å². The number of ether oxygens (including phenoxy) is 1. The van der Waals surface area contributed by atoms with Gasteiger partial charge in [-0.05, 0) is 0 Å². The van der Waals surface area contributed by atoms with Gasteiger partial charge in [-0.2, -0.15) is 4.99 Å². The Bertz CT molecular complexity index is 156. The molecule has 1 rings (SSSR count). The molecule has 0 radical (unpaired) electrons. The van der Waals surface area contributed by atoms with Crippen LogP contribution in [0, 0.1) is 0 Å². The third-order valence-electron chi connectivity index (χ3n) is 0.885. The average molecular weight is 111 g/mol. The number of nitrogens with zero attached hydrogens (tertiary/aromatic N) is 1. The highest BCUT2D eigenvalue weighted by molar-refractivity contribution is 5.36. The fraction of sp³-hybridized carbons (Fsp3) is 0.400. The van der Waals surface area contributed by atoms with Crippen LogP contribution in [0.3, 0.4) is 0 Å². The summed E-state index contributed by atoms with van der Waals surface area (Å²) in [6, 6.07) is 0. The van der Waals surface area contributed by atoms with Crippen LogP contribution in [-0.2, 0) is 9.53 Å². The summed E-state index contributed by atoms with van der Waals surface area (Å²) in [5.74, 6) is 0. The van der Waals surface area contributed by atoms with Gasteiger partial charge in [0.05, 0.1) is 12.3 Å². The molecule has 0 saturated carbocycles. The Morgan fingerprint density at radius 2 is 2.75 bits per heavy atom. The number of rotatable bonds is 1. The number of hydrogen-bond acceptors (Lipinski definition) is 3. The van der Waals surface area contributed by atoms with Gasteiger partial charge >= 0.3 is 0 Å². The van der Waals surface area contributed by atoms with E-state index >= 15 is 0 Å². The second kappa shape index (κ2) is 2.28. The minimum absolute atomic E-state index is 0.639. The van der Waals surface area contributed by atoms with Crippen molar-refractivity contribution >= 4 is 6.08 Å². The third-order valence-corrected chi connectivity index (χ3v) is 0.885. The Morgan fingerprint density at radius 3 is 3.25 bits per heavy atom. The summed E-state index contributed by atoms with van der Waals surface area (Å²) in [6.45, 7) is 0.639. The van der Waals surface area contributed by atoms with Crippen LogP contribution in [-0.4, -0.2) is 12.7 Å². The van der Waals surface area contributed by atoms with Gasteiger partial charge in [0.15, 0.2) is 0 Å². The van der Waals surface area contributed by atoms with Crippen LogP contribution >= 0.6 is 0 Å². The van der Waals surface area contributed by atoms with Gasteiger partial charge in [-0.1, -0.05) is 0 Å². The molecule has 1 heterocycles. The topological polar surface area (TPSA) is 38.7 Å². The first-order valence-corrected chi connectivity index (χ1v) is 2.32. The SMILES string of the molecule is O=C=NC1=COCC1. The molecule has 0 aromatic carbocycles.